The lowest BCUT2D eigenvalue weighted by Gasteiger charge is -2.22. The van der Waals surface area contributed by atoms with Crippen molar-refractivity contribution < 1.29 is 28.6 Å². The fraction of sp³-hybridized carbons (Fsp3) is 0.256. The molecule has 4 aromatic carbocycles. The third-order valence-electron chi connectivity index (χ3n) is 8.60. The van der Waals surface area contributed by atoms with E-state index in [0.29, 0.717) is 24.2 Å². The van der Waals surface area contributed by atoms with E-state index >= 15 is 0 Å². The Kier molecular flexibility index (Phi) is 13.1. The number of nitrogens with zero attached hydrogens (tertiary/aromatic N) is 1. The minimum Gasteiger partial charge on any atom is -0.461 e. The average molecular weight is 689 g/mol. The Hall–Kier alpha value is -5.31. The summed E-state index contributed by atoms with van der Waals surface area (Å²) in [5, 5.41) is 14.5. The number of carbonyl (C=O) groups excluding carboxylic acids is 2. The summed E-state index contributed by atoms with van der Waals surface area (Å²) in [5.41, 5.74) is 5.89. The van der Waals surface area contributed by atoms with Gasteiger partial charge in [0.25, 0.3) is 5.91 Å². The van der Waals surface area contributed by atoms with E-state index in [2.05, 4.69) is 16.5 Å². The Balaban J connectivity index is 1.48. The van der Waals surface area contributed by atoms with Crippen molar-refractivity contribution >= 4 is 17.6 Å². The number of carbonyl (C=O) groups is 2. The number of hydrogen-bond acceptors (Lipinski definition) is 5. The Labute approximate surface area is 299 Å². The summed E-state index contributed by atoms with van der Waals surface area (Å²) in [6.45, 7) is 8.50. The molecule has 0 radical (unpaired) electrons. The van der Waals surface area contributed by atoms with Crippen molar-refractivity contribution in [1.82, 2.24) is 4.57 Å². The minimum atomic E-state index is -0.855. The highest BCUT2D eigenvalue weighted by Crippen LogP contribution is 2.42. The molecule has 1 amide bonds. The first-order valence-corrected chi connectivity index (χ1v) is 17.3. The number of benzene rings is 4. The predicted molar refractivity (Wildman–Crippen MR) is 200 cm³/mol. The van der Waals surface area contributed by atoms with Gasteiger partial charge in [-0.15, -0.1) is 6.58 Å². The van der Waals surface area contributed by atoms with Crippen molar-refractivity contribution in [2.45, 2.75) is 64.4 Å². The molecule has 1 aromatic heterocycles. The maximum Gasteiger partial charge on any atom is 0.308 e. The summed E-state index contributed by atoms with van der Waals surface area (Å²) >= 11 is 0. The van der Waals surface area contributed by atoms with E-state index < -0.39 is 18.2 Å². The molecule has 5 rings (SSSR count). The molecule has 8 heteroatoms. The number of esters is 1. The Morgan fingerprint density at radius 1 is 0.882 bits per heavy atom. The predicted octanol–water partition coefficient (Wildman–Crippen LogP) is 9.18. The molecule has 7 nitrogen and oxygen atoms in total. The van der Waals surface area contributed by atoms with Crippen LogP contribution in [0.2, 0.25) is 0 Å². The molecular formula is C43H45FN2O5. The number of aliphatic hydroxyl groups excluding tert-OH is 1. The average Bonchev–Trinajstić information content (AvgIpc) is 3.49. The Bertz CT molecular complexity index is 1870. The van der Waals surface area contributed by atoms with Crippen molar-refractivity contribution in [3.8, 4) is 22.4 Å². The summed E-state index contributed by atoms with van der Waals surface area (Å²) in [6.07, 6.45) is 0.605. The van der Waals surface area contributed by atoms with E-state index in [4.69, 9.17) is 9.47 Å². The van der Waals surface area contributed by atoms with Crippen LogP contribution in [-0.4, -0.2) is 40.4 Å². The summed E-state index contributed by atoms with van der Waals surface area (Å²) in [6, 6.07) is 34.7. The van der Waals surface area contributed by atoms with E-state index in [1.807, 2.05) is 105 Å². The van der Waals surface area contributed by atoms with Crippen LogP contribution in [0.3, 0.4) is 0 Å². The highest BCUT2D eigenvalue weighted by atomic mass is 19.1. The molecule has 51 heavy (non-hydrogen) atoms. The molecule has 0 aliphatic heterocycles. The number of hydrogen-bond donors (Lipinski definition) is 2. The normalized spacial score (nSPS) is 12.3. The van der Waals surface area contributed by atoms with Crippen molar-refractivity contribution in [2.24, 2.45) is 0 Å². The van der Waals surface area contributed by atoms with Gasteiger partial charge in [0.1, 0.15) is 12.4 Å². The molecule has 5 aromatic rings. The molecule has 1 heterocycles. The van der Waals surface area contributed by atoms with Gasteiger partial charge in [-0.05, 0) is 65.4 Å². The highest BCUT2D eigenvalue weighted by Gasteiger charge is 2.31. The Morgan fingerprint density at radius 3 is 2.14 bits per heavy atom. The second-order valence-electron chi connectivity index (χ2n) is 12.8. The molecule has 0 saturated heterocycles. The monoisotopic (exact) mass is 688 g/mol. The molecule has 0 saturated carbocycles. The zero-order chi connectivity index (χ0) is 36.2. The van der Waals surface area contributed by atoms with E-state index in [9.17, 15) is 19.1 Å². The number of para-hydroxylation sites is 1. The lowest BCUT2D eigenvalue weighted by Crippen LogP contribution is -2.26. The van der Waals surface area contributed by atoms with Crippen molar-refractivity contribution in [3.05, 3.63) is 151 Å². The van der Waals surface area contributed by atoms with Crippen LogP contribution in [0.4, 0.5) is 10.1 Å². The third-order valence-corrected chi connectivity index (χ3v) is 8.60. The number of rotatable bonds is 17. The number of amides is 1. The topological polar surface area (TPSA) is 89.8 Å². The number of anilines is 1. The van der Waals surface area contributed by atoms with Crippen LogP contribution in [0.25, 0.3) is 22.4 Å². The van der Waals surface area contributed by atoms with E-state index in [1.54, 1.807) is 18.2 Å². The first kappa shape index (κ1) is 37.0. The molecule has 0 aliphatic carbocycles. The molecule has 0 fully saturated rings. The van der Waals surface area contributed by atoms with E-state index in [0.717, 1.165) is 33.6 Å². The van der Waals surface area contributed by atoms with Crippen LogP contribution in [0.1, 0.15) is 60.6 Å². The number of aliphatic hydroxyl groups is 1. The van der Waals surface area contributed by atoms with E-state index in [1.165, 1.54) is 12.1 Å². The number of halogens is 1. The standard InChI is InChI=1S/C43H45FN2O5/c1-4-26-50-37(28-38(48)51-29-31-14-8-5-9-15-31)27-36(47)24-25-46-41(30(2)3)40(43(49)45-35-18-12-7-13-19-35)39(32-16-10-6-11-17-32)42(46)33-20-22-34(44)23-21-33/h4-23,30,36-37,47H,1,24-29H2,2-3H3,(H,45,49)/t36-,37-/m1/s1. The lowest BCUT2D eigenvalue weighted by molar-refractivity contribution is -0.148. The molecule has 264 valence electrons. The molecule has 0 aliphatic rings. The van der Waals surface area contributed by atoms with Gasteiger partial charge in [0.2, 0.25) is 0 Å². The van der Waals surface area contributed by atoms with Gasteiger partial charge in [-0.3, -0.25) is 9.59 Å². The van der Waals surface area contributed by atoms with Crippen molar-refractivity contribution in [2.75, 3.05) is 11.9 Å². The van der Waals surface area contributed by atoms with Gasteiger partial charge in [0, 0.05) is 29.9 Å². The molecular weight excluding hydrogens is 643 g/mol. The van der Waals surface area contributed by atoms with Gasteiger partial charge >= 0.3 is 5.97 Å². The maximum absolute atomic E-state index is 14.3. The molecule has 2 atom stereocenters. The summed E-state index contributed by atoms with van der Waals surface area (Å²) in [7, 11) is 0. The molecule has 0 bridgehead atoms. The zero-order valence-electron chi connectivity index (χ0n) is 29.1. The largest absolute Gasteiger partial charge is 0.461 e. The van der Waals surface area contributed by atoms with Gasteiger partial charge in [0.15, 0.2) is 0 Å². The van der Waals surface area contributed by atoms with Gasteiger partial charge < -0.3 is 24.5 Å². The van der Waals surface area contributed by atoms with Crippen LogP contribution < -0.4 is 5.32 Å². The SMILES string of the molecule is C=CCO[C@@H](CC(=O)OCc1ccccc1)C[C@H](O)CCn1c(-c2ccc(F)cc2)c(-c2ccccc2)c(C(=O)Nc2ccccc2)c1C(C)C. The number of ether oxygens (including phenoxy) is 2. The fourth-order valence-corrected chi connectivity index (χ4v) is 6.30. The number of nitrogens with one attached hydrogen (secondary N) is 1. The van der Waals surface area contributed by atoms with Crippen LogP contribution in [0.5, 0.6) is 0 Å². The van der Waals surface area contributed by atoms with Gasteiger partial charge in [-0.25, -0.2) is 4.39 Å². The highest BCUT2D eigenvalue weighted by molar-refractivity contribution is 6.12. The van der Waals surface area contributed by atoms with Gasteiger partial charge in [-0.2, -0.15) is 0 Å². The second kappa shape index (κ2) is 18.1. The van der Waals surface area contributed by atoms with Crippen LogP contribution in [-0.2, 0) is 27.4 Å². The van der Waals surface area contributed by atoms with Crippen molar-refractivity contribution in [3.63, 3.8) is 0 Å². The maximum atomic E-state index is 14.3. The fourth-order valence-electron chi connectivity index (χ4n) is 6.30. The second-order valence-corrected chi connectivity index (χ2v) is 12.8. The first-order chi connectivity index (χ1) is 24.7. The smallest absolute Gasteiger partial charge is 0.308 e. The molecule has 0 spiro atoms. The van der Waals surface area contributed by atoms with Crippen LogP contribution in [0.15, 0.2) is 128 Å². The van der Waals surface area contributed by atoms with E-state index in [-0.39, 0.29) is 43.7 Å². The number of aromatic nitrogens is 1. The van der Waals surface area contributed by atoms with Gasteiger partial charge in [0.05, 0.1) is 36.5 Å². The summed E-state index contributed by atoms with van der Waals surface area (Å²) in [4.78, 5) is 27.1. The van der Waals surface area contributed by atoms with Crippen LogP contribution >= 0.6 is 0 Å². The Morgan fingerprint density at radius 2 is 1.51 bits per heavy atom. The third kappa shape index (κ3) is 9.90. The summed E-state index contributed by atoms with van der Waals surface area (Å²) < 4.78 is 27.7. The van der Waals surface area contributed by atoms with Crippen LogP contribution in [0, 0.1) is 5.82 Å². The molecule has 0 unspecified atom stereocenters. The first-order valence-electron chi connectivity index (χ1n) is 17.3. The zero-order valence-corrected chi connectivity index (χ0v) is 29.1. The summed E-state index contributed by atoms with van der Waals surface area (Å²) in [5.74, 6) is -1.16. The minimum absolute atomic E-state index is 0.0265. The van der Waals surface area contributed by atoms with Gasteiger partial charge in [-0.1, -0.05) is 98.8 Å². The molecule has 2 N–H and O–H groups in total. The van der Waals surface area contributed by atoms with Crippen molar-refractivity contribution in [1.29, 1.82) is 0 Å². The lowest BCUT2D eigenvalue weighted by atomic mass is 9.94. The quantitative estimate of drug-likeness (QED) is 0.0751.